The Morgan fingerprint density at radius 3 is 2.37 bits per heavy atom. The summed E-state index contributed by atoms with van der Waals surface area (Å²) in [4.78, 5) is 18.4. The first-order valence-corrected chi connectivity index (χ1v) is 6.41. The van der Waals surface area contributed by atoms with Crippen molar-refractivity contribution in [2.75, 3.05) is 18.8 Å². The van der Waals surface area contributed by atoms with Gasteiger partial charge in [-0.3, -0.25) is 4.79 Å². The second kappa shape index (κ2) is 4.49. The van der Waals surface area contributed by atoms with Gasteiger partial charge in [0.1, 0.15) is 11.5 Å². The molecule has 0 spiro atoms. The van der Waals surface area contributed by atoms with Crippen molar-refractivity contribution >= 4 is 11.7 Å². The number of amides is 1. The zero-order chi connectivity index (χ0) is 14.3. The number of rotatable bonds is 1. The molecule has 2 heterocycles. The van der Waals surface area contributed by atoms with Crippen LogP contribution in [0.25, 0.3) is 0 Å². The summed E-state index contributed by atoms with van der Waals surface area (Å²) >= 11 is 0. The lowest BCUT2D eigenvalue weighted by atomic mass is 9.98. The second-order valence-corrected chi connectivity index (χ2v) is 6.23. The number of carbonyl (C=O) groups is 1. The SMILES string of the molecule is CC1(C)CN(C(=O)c2cccc(N)n2)CC(C)(C)O1. The van der Waals surface area contributed by atoms with Crippen molar-refractivity contribution in [2.24, 2.45) is 0 Å². The third kappa shape index (κ3) is 3.23. The first kappa shape index (κ1) is 13.8. The second-order valence-electron chi connectivity index (χ2n) is 6.23. The number of pyridine rings is 1. The molecule has 2 rings (SSSR count). The Morgan fingerprint density at radius 1 is 1.26 bits per heavy atom. The third-order valence-electron chi connectivity index (χ3n) is 2.97. The van der Waals surface area contributed by atoms with E-state index < -0.39 is 0 Å². The number of aromatic nitrogens is 1. The van der Waals surface area contributed by atoms with Crippen LogP contribution in [0.15, 0.2) is 18.2 Å². The van der Waals surface area contributed by atoms with Crippen LogP contribution in [0.2, 0.25) is 0 Å². The van der Waals surface area contributed by atoms with E-state index in [4.69, 9.17) is 10.5 Å². The van der Waals surface area contributed by atoms with E-state index in [9.17, 15) is 4.79 Å². The summed E-state index contributed by atoms with van der Waals surface area (Å²) in [5, 5.41) is 0. The predicted molar refractivity (Wildman–Crippen MR) is 73.8 cm³/mol. The fourth-order valence-corrected chi connectivity index (χ4v) is 2.66. The summed E-state index contributed by atoms with van der Waals surface area (Å²) < 4.78 is 5.96. The van der Waals surface area contributed by atoms with Crippen molar-refractivity contribution in [1.82, 2.24) is 9.88 Å². The van der Waals surface area contributed by atoms with Crippen LogP contribution in [0.4, 0.5) is 5.82 Å². The lowest BCUT2D eigenvalue weighted by molar-refractivity contribution is -0.171. The molecule has 0 radical (unpaired) electrons. The van der Waals surface area contributed by atoms with Crippen LogP contribution in [0.1, 0.15) is 38.2 Å². The maximum absolute atomic E-state index is 12.5. The number of carbonyl (C=O) groups excluding carboxylic acids is 1. The topological polar surface area (TPSA) is 68.5 Å². The standard InChI is InChI=1S/C14H21N3O2/c1-13(2)8-17(9-14(3,4)19-13)12(18)10-6-5-7-11(15)16-10/h5-7H,8-9H2,1-4H3,(H2,15,16). The summed E-state index contributed by atoms with van der Waals surface area (Å²) in [6.45, 7) is 9.04. The van der Waals surface area contributed by atoms with Crippen molar-refractivity contribution in [2.45, 2.75) is 38.9 Å². The number of anilines is 1. The summed E-state index contributed by atoms with van der Waals surface area (Å²) in [6, 6.07) is 5.10. The van der Waals surface area contributed by atoms with E-state index in [2.05, 4.69) is 4.98 Å². The summed E-state index contributed by atoms with van der Waals surface area (Å²) in [7, 11) is 0. The molecule has 0 aromatic carbocycles. The van der Waals surface area contributed by atoms with Gasteiger partial charge in [-0.15, -0.1) is 0 Å². The molecule has 1 amide bonds. The van der Waals surface area contributed by atoms with Gasteiger partial charge in [-0.25, -0.2) is 4.98 Å². The molecule has 5 nitrogen and oxygen atoms in total. The number of hydrogen-bond donors (Lipinski definition) is 1. The van der Waals surface area contributed by atoms with Gasteiger partial charge in [-0.1, -0.05) is 6.07 Å². The van der Waals surface area contributed by atoms with Crippen molar-refractivity contribution < 1.29 is 9.53 Å². The van der Waals surface area contributed by atoms with Crippen LogP contribution in [0, 0.1) is 0 Å². The third-order valence-corrected chi connectivity index (χ3v) is 2.97. The van der Waals surface area contributed by atoms with Crippen LogP contribution in [-0.2, 0) is 4.74 Å². The minimum atomic E-state index is -0.363. The summed E-state index contributed by atoms with van der Waals surface area (Å²) in [5.41, 5.74) is 5.28. The van der Waals surface area contributed by atoms with E-state index in [1.54, 1.807) is 23.1 Å². The fourth-order valence-electron chi connectivity index (χ4n) is 2.66. The number of nitrogens with zero attached hydrogens (tertiary/aromatic N) is 2. The first-order chi connectivity index (χ1) is 8.69. The normalized spacial score (nSPS) is 21.2. The van der Waals surface area contributed by atoms with Gasteiger partial charge in [0.25, 0.3) is 5.91 Å². The molecule has 0 atom stereocenters. The predicted octanol–water partition coefficient (Wildman–Crippen LogP) is 1.69. The fraction of sp³-hybridized carbons (Fsp3) is 0.571. The Morgan fingerprint density at radius 2 is 1.84 bits per heavy atom. The lowest BCUT2D eigenvalue weighted by Gasteiger charge is -2.47. The van der Waals surface area contributed by atoms with E-state index in [0.717, 1.165) is 0 Å². The van der Waals surface area contributed by atoms with Crippen molar-refractivity contribution in [3.05, 3.63) is 23.9 Å². The Labute approximate surface area is 113 Å². The summed E-state index contributed by atoms with van der Waals surface area (Å²) in [5.74, 6) is 0.259. The smallest absolute Gasteiger partial charge is 0.272 e. The zero-order valence-corrected chi connectivity index (χ0v) is 11.9. The maximum Gasteiger partial charge on any atom is 0.272 e. The largest absolute Gasteiger partial charge is 0.384 e. The van der Waals surface area contributed by atoms with Gasteiger partial charge in [0.2, 0.25) is 0 Å². The maximum atomic E-state index is 12.5. The number of nitrogen functional groups attached to an aromatic ring is 1. The molecule has 0 bridgehead atoms. The van der Waals surface area contributed by atoms with E-state index in [1.165, 1.54) is 0 Å². The number of nitrogens with two attached hydrogens (primary N) is 1. The molecule has 1 aromatic rings. The minimum Gasteiger partial charge on any atom is -0.384 e. The van der Waals surface area contributed by atoms with Crippen LogP contribution in [0.3, 0.4) is 0 Å². The van der Waals surface area contributed by atoms with Crippen molar-refractivity contribution in [3.8, 4) is 0 Å². The van der Waals surface area contributed by atoms with E-state index in [0.29, 0.717) is 24.6 Å². The molecule has 0 aliphatic carbocycles. The highest BCUT2D eigenvalue weighted by Gasteiger charge is 2.40. The quantitative estimate of drug-likeness (QED) is 0.837. The van der Waals surface area contributed by atoms with Gasteiger partial charge in [-0.05, 0) is 39.8 Å². The molecule has 1 saturated heterocycles. The average molecular weight is 263 g/mol. The number of morpholine rings is 1. The van der Waals surface area contributed by atoms with Gasteiger partial charge in [0.05, 0.1) is 11.2 Å². The molecule has 104 valence electrons. The van der Waals surface area contributed by atoms with Gasteiger partial charge >= 0.3 is 0 Å². The van der Waals surface area contributed by atoms with E-state index >= 15 is 0 Å². The molecular weight excluding hydrogens is 242 g/mol. The van der Waals surface area contributed by atoms with Gasteiger partial charge in [-0.2, -0.15) is 0 Å². The Kier molecular flexibility index (Phi) is 3.26. The van der Waals surface area contributed by atoms with Crippen LogP contribution in [-0.4, -0.2) is 40.1 Å². The average Bonchev–Trinajstić information content (AvgIpc) is 2.23. The zero-order valence-electron chi connectivity index (χ0n) is 11.9. The van der Waals surface area contributed by atoms with Crippen molar-refractivity contribution in [3.63, 3.8) is 0 Å². The number of ether oxygens (including phenoxy) is 1. The van der Waals surface area contributed by atoms with Gasteiger partial charge < -0.3 is 15.4 Å². The Hall–Kier alpha value is -1.62. The monoisotopic (exact) mass is 263 g/mol. The van der Waals surface area contributed by atoms with Gasteiger partial charge in [0.15, 0.2) is 0 Å². The molecule has 2 N–H and O–H groups in total. The van der Waals surface area contributed by atoms with Crippen molar-refractivity contribution in [1.29, 1.82) is 0 Å². The molecular formula is C14H21N3O2. The van der Waals surface area contributed by atoms with E-state index in [1.807, 2.05) is 27.7 Å². The highest BCUT2D eigenvalue weighted by molar-refractivity contribution is 5.92. The van der Waals surface area contributed by atoms with Gasteiger partial charge in [0, 0.05) is 13.1 Å². The molecule has 1 aliphatic heterocycles. The molecule has 0 unspecified atom stereocenters. The summed E-state index contributed by atoms with van der Waals surface area (Å²) in [6.07, 6.45) is 0. The Balaban J connectivity index is 2.24. The van der Waals surface area contributed by atoms with Crippen LogP contribution >= 0.6 is 0 Å². The van der Waals surface area contributed by atoms with Crippen LogP contribution < -0.4 is 5.73 Å². The Bertz CT molecular complexity index is 481. The molecule has 1 aromatic heterocycles. The number of hydrogen-bond acceptors (Lipinski definition) is 4. The molecule has 19 heavy (non-hydrogen) atoms. The molecule has 1 fully saturated rings. The van der Waals surface area contributed by atoms with Crippen LogP contribution in [0.5, 0.6) is 0 Å². The molecule has 0 saturated carbocycles. The minimum absolute atomic E-state index is 0.100. The molecule has 1 aliphatic rings. The van der Waals surface area contributed by atoms with E-state index in [-0.39, 0.29) is 17.1 Å². The first-order valence-electron chi connectivity index (χ1n) is 6.41. The molecule has 5 heteroatoms. The lowest BCUT2D eigenvalue weighted by Crippen LogP contribution is -2.58. The highest BCUT2D eigenvalue weighted by atomic mass is 16.5. The highest BCUT2D eigenvalue weighted by Crippen LogP contribution is 2.28.